The summed E-state index contributed by atoms with van der Waals surface area (Å²) in [4.78, 5) is 7.35. The van der Waals surface area contributed by atoms with Gasteiger partial charge in [-0.15, -0.1) is 0 Å². The molecule has 0 bridgehead atoms. The van der Waals surface area contributed by atoms with Gasteiger partial charge in [-0.25, -0.2) is 4.98 Å². The van der Waals surface area contributed by atoms with Crippen LogP contribution >= 0.6 is 12.2 Å². The molecule has 98 valence electrons. The molecule has 2 heterocycles. The van der Waals surface area contributed by atoms with Crippen LogP contribution < -0.4 is 0 Å². The van der Waals surface area contributed by atoms with E-state index < -0.39 is 0 Å². The molecule has 4 nitrogen and oxygen atoms in total. The van der Waals surface area contributed by atoms with E-state index in [9.17, 15) is 0 Å². The van der Waals surface area contributed by atoms with E-state index in [0.29, 0.717) is 6.04 Å². The number of benzene rings is 1. The summed E-state index contributed by atoms with van der Waals surface area (Å²) in [5.74, 6) is 0. The Balaban J connectivity index is 2.24. The summed E-state index contributed by atoms with van der Waals surface area (Å²) in [6.45, 7) is 4.36. The van der Waals surface area contributed by atoms with Crippen molar-refractivity contribution in [3.05, 3.63) is 41.7 Å². The number of aromatic nitrogens is 4. The number of aromatic amines is 1. The van der Waals surface area contributed by atoms with Crippen molar-refractivity contribution in [3.8, 4) is 5.69 Å². The third-order valence-corrected chi connectivity index (χ3v) is 3.83. The molecular weight excluding hydrogens is 256 g/mol. The van der Waals surface area contributed by atoms with Gasteiger partial charge in [0.15, 0.2) is 4.77 Å². The quantitative estimate of drug-likeness (QED) is 0.735. The first-order chi connectivity index (χ1) is 9.20. The van der Waals surface area contributed by atoms with Gasteiger partial charge in [-0.05, 0) is 43.8 Å². The standard InChI is InChI=1S/C14H16N4S/c1-3-10(2)18-13-8-11(17-7-6-15-9-17)4-5-12(13)16-14(18)19/h4-10H,3H2,1-2H3,(H,16,19)/t10-/m1/s1. The Morgan fingerprint density at radius 1 is 1.42 bits per heavy atom. The van der Waals surface area contributed by atoms with E-state index in [1.54, 1.807) is 12.5 Å². The molecule has 0 saturated heterocycles. The van der Waals surface area contributed by atoms with Crippen molar-refractivity contribution in [3.63, 3.8) is 0 Å². The number of H-pyrrole nitrogens is 1. The fourth-order valence-electron chi connectivity index (χ4n) is 2.30. The number of nitrogens with one attached hydrogen (secondary N) is 1. The number of rotatable bonds is 3. The van der Waals surface area contributed by atoms with Gasteiger partial charge in [-0.1, -0.05) is 6.92 Å². The maximum atomic E-state index is 5.43. The Morgan fingerprint density at radius 3 is 2.95 bits per heavy atom. The van der Waals surface area contributed by atoms with E-state index in [1.165, 1.54) is 0 Å². The Kier molecular flexibility index (Phi) is 2.98. The molecule has 1 N–H and O–H groups in total. The highest BCUT2D eigenvalue weighted by Crippen LogP contribution is 2.23. The molecule has 1 aromatic carbocycles. The molecule has 0 saturated carbocycles. The van der Waals surface area contributed by atoms with Crippen molar-refractivity contribution in [2.75, 3.05) is 0 Å². The van der Waals surface area contributed by atoms with Crippen LogP contribution in [0.15, 0.2) is 36.9 Å². The lowest BCUT2D eigenvalue weighted by Crippen LogP contribution is -2.03. The molecular formula is C14H16N4S. The van der Waals surface area contributed by atoms with Crippen molar-refractivity contribution in [2.24, 2.45) is 0 Å². The van der Waals surface area contributed by atoms with Crippen LogP contribution in [0, 0.1) is 4.77 Å². The minimum atomic E-state index is 0.388. The highest BCUT2D eigenvalue weighted by molar-refractivity contribution is 7.71. The van der Waals surface area contributed by atoms with E-state index in [0.717, 1.165) is 27.9 Å². The third kappa shape index (κ3) is 2.00. The number of fused-ring (bicyclic) bond motifs is 1. The molecule has 19 heavy (non-hydrogen) atoms. The molecule has 0 aliphatic carbocycles. The topological polar surface area (TPSA) is 38.5 Å². The normalized spacial score (nSPS) is 12.9. The number of hydrogen-bond acceptors (Lipinski definition) is 2. The lowest BCUT2D eigenvalue weighted by atomic mass is 10.2. The van der Waals surface area contributed by atoms with Crippen LogP contribution in [-0.4, -0.2) is 19.1 Å². The van der Waals surface area contributed by atoms with Crippen molar-refractivity contribution >= 4 is 23.3 Å². The summed E-state index contributed by atoms with van der Waals surface area (Å²) < 4.78 is 4.97. The molecule has 1 atom stereocenters. The Hall–Kier alpha value is -1.88. The molecule has 2 aromatic heterocycles. The molecule has 0 aliphatic heterocycles. The first-order valence-electron chi connectivity index (χ1n) is 6.43. The Morgan fingerprint density at radius 2 is 2.26 bits per heavy atom. The van der Waals surface area contributed by atoms with Gasteiger partial charge in [-0.3, -0.25) is 0 Å². The second-order valence-corrected chi connectivity index (χ2v) is 5.12. The summed E-state index contributed by atoms with van der Waals surface area (Å²) in [6.07, 6.45) is 6.57. The van der Waals surface area contributed by atoms with Crippen LogP contribution in [0.4, 0.5) is 0 Å². The molecule has 0 spiro atoms. The van der Waals surface area contributed by atoms with Gasteiger partial charge in [0.2, 0.25) is 0 Å². The first kappa shape index (κ1) is 12.2. The fourth-order valence-corrected chi connectivity index (χ4v) is 2.69. The second-order valence-electron chi connectivity index (χ2n) is 4.73. The first-order valence-corrected chi connectivity index (χ1v) is 6.84. The summed E-state index contributed by atoms with van der Waals surface area (Å²) in [7, 11) is 0. The van der Waals surface area contributed by atoms with Gasteiger partial charge in [0.1, 0.15) is 0 Å². The Labute approximate surface area is 116 Å². The molecule has 0 amide bonds. The molecule has 0 radical (unpaired) electrons. The van der Waals surface area contributed by atoms with E-state index in [1.807, 2.05) is 10.8 Å². The highest BCUT2D eigenvalue weighted by Gasteiger charge is 2.10. The molecule has 3 aromatic rings. The molecule has 0 aliphatic rings. The average molecular weight is 272 g/mol. The van der Waals surface area contributed by atoms with E-state index >= 15 is 0 Å². The van der Waals surface area contributed by atoms with E-state index in [-0.39, 0.29) is 0 Å². The largest absolute Gasteiger partial charge is 0.331 e. The van der Waals surface area contributed by atoms with Crippen molar-refractivity contribution in [2.45, 2.75) is 26.3 Å². The van der Waals surface area contributed by atoms with Gasteiger partial charge in [0.05, 0.1) is 17.4 Å². The average Bonchev–Trinajstić information content (AvgIpc) is 3.03. The van der Waals surface area contributed by atoms with Crippen molar-refractivity contribution in [1.82, 2.24) is 19.1 Å². The maximum absolute atomic E-state index is 5.43. The van der Waals surface area contributed by atoms with Crippen LogP contribution in [-0.2, 0) is 0 Å². The van der Waals surface area contributed by atoms with Crippen LogP contribution in [0.2, 0.25) is 0 Å². The minimum Gasteiger partial charge on any atom is -0.331 e. The van der Waals surface area contributed by atoms with E-state index in [4.69, 9.17) is 12.2 Å². The fraction of sp³-hybridized carbons (Fsp3) is 0.286. The van der Waals surface area contributed by atoms with Crippen molar-refractivity contribution in [1.29, 1.82) is 0 Å². The summed E-state index contributed by atoms with van der Waals surface area (Å²) in [5.41, 5.74) is 3.32. The summed E-state index contributed by atoms with van der Waals surface area (Å²) in [6, 6.07) is 6.67. The highest BCUT2D eigenvalue weighted by atomic mass is 32.1. The zero-order valence-electron chi connectivity index (χ0n) is 11.0. The van der Waals surface area contributed by atoms with Gasteiger partial charge in [0.25, 0.3) is 0 Å². The number of nitrogens with zero attached hydrogens (tertiary/aromatic N) is 3. The zero-order chi connectivity index (χ0) is 13.4. The summed E-state index contributed by atoms with van der Waals surface area (Å²) in [5, 5.41) is 0. The minimum absolute atomic E-state index is 0.388. The molecule has 3 rings (SSSR count). The smallest absolute Gasteiger partial charge is 0.178 e. The van der Waals surface area contributed by atoms with E-state index in [2.05, 4.69) is 46.6 Å². The van der Waals surface area contributed by atoms with Gasteiger partial charge < -0.3 is 14.1 Å². The zero-order valence-corrected chi connectivity index (χ0v) is 11.8. The monoisotopic (exact) mass is 272 g/mol. The van der Waals surface area contributed by atoms with Crippen LogP contribution in [0.25, 0.3) is 16.7 Å². The predicted octanol–water partition coefficient (Wildman–Crippen LogP) is 3.86. The number of hydrogen-bond donors (Lipinski definition) is 1. The number of imidazole rings is 2. The third-order valence-electron chi connectivity index (χ3n) is 3.54. The Bertz CT molecular complexity index is 751. The molecule has 0 unspecified atom stereocenters. The molecule has 5 heteroatoms. The molecule has 0 fully saturated rings. The SMILES string of the molecule is CC[C@@H](C)n1c(=S)[nH]c2ccc(-n3ccnc3)cc21. The van der Waals surface area contributed by atoms with Crippen LogP contribution in [0.5, 0.6) is 0 Å². The lowest BCUT2D eigenvalue weighted by molar-refractivity contribution is 0.539. The van der Waals surface area contributed by atoms with Crippen LogP contribution in [0.1, 0.15) is 26.3 Å². The summed E-state index contributed by atoms with van der Waals surface area (Å²) >= 11 is 5.43. The second kappa shape index (κ2) is 4.66. The lowest BCUT2D eigenvalue weighted by Gasteiger charge is -2.12. The van der Waals surface area contributed by atoms with Crippen LogP contribution in [0.3, 0.4) is 0 Å². The van der Waals surface area contributed by atoms with Gasteiger partial charge in [0, 0.05) is 24.1 Å². The van der Waals surface area contributed by atoms with Gasteiger partial charge >= 0.3 is 0 Å². The van der Waals surface area contributed by atoms with Gasteiger partial charge in [-0.2, -0.15) is 0 Å². The predicted molar refractivity (Wildman–Crippen MR) is 79.2 cm³/mol. The maximum Gasteiger partial charge on any atom is 0.178 e. The van der Waals surface area contributed by atoms with Crippen molar-refractivity contribution < 1.29 is 0 Å².